The molecule has 1 heterocycles. The van der Waals surface area contributed by atoms with E-state index in [1.54, 1.807) is 65.2 Å². The summed E-state index contributed by atoms with van der Waals surface area (Å²) in [6.07, 6.45) is 6.24. The summed E-state index contributed by atoms with van der Waals surface area (Å²) < 4.78 is 4.22. The van der Waals surface area contributed by atoms with E-state index in [1.165, 1.54) is 9.80 Å². The number of alkyl halides is 2. The van der Waals surface area contributed by atoms with Gasteiger partial charge in [0.05, 0.1) is 12.6 Å². The van der Waals surface area contributed by atoms with Gasteiger partial charge >= 0.3 is 6.09 Å². The normalized spacial score (nSPS) is 23.5. The lowest BCUT2D eigenvalue weighted by atomic mass is 9.80. The highest BCUT2D eigenvalue weighted by Crippen LogP contribution is 2.65. The van der Waals surface area contributed by atoms with Crippen molar-refractivity contribution in [2.24, 2.45) is 23.7 Å². The van der Waals surface area contributed by atoms with E-state index in [1.807, 2.05) is 0 Å². The maximum atomic E-state index is 14.4. The Morgan fingerprint density at radius 2 is 1.56 bits per heavy atom. The van der Waals surface area contributed by atoms with Crippen molar-refractivity contribution in [3.05, 3.63) is 35.9 Å². The number of halogens is 2. The van der Waals surface area contributed by atoms with Crippen LogP contribution in [0.15, 0.2) is 30.3 Å². The molecule has 302 valence electrons. The molecule has 4 N–H and O–H groups in total. The summed E-state index contributed by atoms with van der Waals surface area (Å²) in [5.74, 6) is -5.39. The number of rotatable bonds is 14. The van der Waals surface area contributed by atoms with Gasteiger partial charge in [0.1, 0.15) is 28.1 Å². The van der Waals surface area contributed by atoms with Crippen LogP contribution in [0.25, 0.3) is 0 Å². The minimum atomic E-state index is -1.28. The Kier molecular flexibility index (Phi) is 13.4. The van der Waals surface area contributed by atoms with Gasteiger partial charge in [-0.25, -0.2) is 4.79 Å². The van der Waals surface area contributed by atoms with Crippen LogP contribution in [0.2, 0.25) is 0 Å². The molecule has 16 heteroatoms. The van der Waals surface area contributed by atoms with Crippen molar-refractivity contribution in [1.29, 1.82) is 0 Å². The molecule has 0 bridgehead atoms. The number of carbonyl (C=O) groups excluding carboxylic acids is 7. The number of nitrogens with one attached hydrogen (secondary N) is 4. The molecule has 3 aliphatic carbocycles. The van der Waals surface area contributed by atoms with Gasteiger partial charge in [-0.05, 0) is 57.4 Å². The number of ketones is 1. The van der Waals surface area contributed by atoms with E-state index in [-0.39, 0.29) is 30.7 Å². The Morgan fingerprint density at radius 3 is 2.15 bits per heavy atom. The molecule has 0 spiro atoms. The standard InChI is InChI=1S/C39H54Cl2N6O8/c1-38(2,3)55-37(54)45-30(24-17-10-7-11-18-24)36(53)47-21-25-28(39(25,40)41)31(47)33(50)43-26(19-22-13-12-14-22)32(49)34(51)42-20-27(48)44-29(35(52)46(4)5)23-15-8-6-9-16-23/h6,8-9,15-16,22,24-26,28-31H,7,10-14,17-21H2,1-5H3,(H,42,51)(H,43,50)(H,44,48)(H,45,54)/t25-,26?,28-,29?,30-,31-/m0/s1. The zero-order valence-corrected chi connectivity index (χ0v) is 33.7. The van der Waals surface area contributed by atoms with E-state index in [4.69, 9.17) is 27.9 Å². The molecule has 6 amide bonds. The Balaban J connectivity index is 1.29. The van der Waals surface area contributed by atoms with Crippen LogP contribution >= 0.6 is 23.2 Å². The number of ether oxygens (including phenoxy) is 1. The van der Waals surface area contributed by atoms with Crippen molar-refractivity contribution in [3.8, 4) is 0 Å². The lowest BCUT2D eigenvalue weighted by Gasteiger charge is -2.37. The van der Waals surface area contributed by atoms with Gasteiger partial charge in [0.15, 0.2) is 0 Å². The molecule has 3 saturated carbocycles. The first-order chi connectivity index (χ1) is 25.9. The average molecular weight is 806 g/mol. The van der Waals surface area contributed by atoms with Crippen molar-refractivity contribution in [3.63, 3.8) is 0 Å². The van der Waals surface area contributed by atoms with E-state index in [2.05, 4.69) is 21.3 Å². The first-order valence-electron chi connectivity index (χ1n) is 19.2. The lowest BCUT2D eigenvalue weighted by Crippen LogP contribution is -2.60. The molecule has 1 saturated heterocycles. The minimum Gasteiger partial charge on any atom is -0.444 e. The second kappa shape index (κ2) is 17.5. The van der Waals surface area contributed by atoms with Gasteiger partial charge in [0.25, 0.3) is 5.91 Å². The maximum absolute atomic E-state index is 14.4. The topological polar surface area (TPSA) is 183 Å². The van der Waals surface area contributed by atoms with E-state index < -0.39 is 88.0 Å². The molecule has 2 unspecified atom stereocenters. The fraction of sp³-hybridized carbons (Fsp3) is 0.667. The summed E-state index contributed by atoms with van der Waals surface area (Å²) in [6.45, 7) is 4.66. The highest BCUT2D eigenvalue weighted by atomic mass is 35.5. The number of fused-ring (bicyclic) bond motifs is 1. The van der Waals surface area contributed by atoms with Crippen molar-refractivity contribution in [2.45, 2.75) is 113 Å². The van der Waals surface area contributed by atoms with Crippen molar-refractivity contribution >= 4 is 64.6 Å². The number of hydrogen-bond donors (Lipinski definition) is 4. The number of Topliss-reactive ketones (excluding diaryl/α,β-unsaturated/α-hetero) is 1. The summed E-state index contributed by atoms with van der Waals surface area (Å²) in [5.41, 5.74) is -0.256. The monoisotopic (exact) mass is 804 g/mol. The third kappa shape index (κ3) is 10.3. The number of alkyl carbamates (subject to hydrolysis) is 1. The van der Waals surface area contributed by atoms with Gasteiger partial charge in [0, 0.05) is 32.5 Å². The van der Waals surface area contributed by atoms with Gasteiger partial charge in [-0.1, -0.05) is 68.9 Å². The van der Waals surface area contributed by atoms with Crippen LogP contribution in [0.4, 0.5) is 4.79 Å². The van der Waals surface area contributed by atoms with Crippen LogP contribution in [0.3, 0.4) is 0 Å². The zero-order valence-electron chi connectivity index (χ0n) is 32.2. The van der Waals surface area contributed by atoms with E-state index >= 15 is 0 Å². The number of carbonyl (C=O) groups is 7. The summed E-state index contributed by atoms with van der Waals surface area (Å²) in [7, 11) is 3.11. The molecule has 5 rings (SSSR count). The van der Waals surface area contributed by atoms with Crippen LogP contribution in [-0.2, 0) is 33.5 Å². The van der Waals surface area contributed by atoms with Crippen molar-refractivity contribution in [1.82, 2.24) is 31.1 Å². The summed E-state index contributed by atoms with van der Waals surface area (Å²) in [6, 6.07) is 4.24. The van der Waals surface area contributed by atoms with Gasteiger partial charge in [-0.3, -0.25) is 28.8 Å². The molecular weight excluding hydrogens is 751 g/mol. The van der Waals surface area contributed by atoms with Crippen molar-refractivity contribution in [2.75, 3.05) is 27.2 Å². The second-order valence-corrected chi connectivity index (χ2v) is 18.0. The Labute approximate surface area is 332 Å². The average Bonchev–Trinajstić information content (AvgIpc) is 3.41. The highest BCUT2D eigenvalue weighted by Gasteiger charge is 2.74. The zero-order chi connectivity index (χ0) is 40.2. The SMILES string of the molecule is CN(C)C(=O)C(NC(=O)CNC(=O)C(=O)C(CC1CCC1)NC(=O)[C@@H]1[C@@H]2[C@H](CN1C(=O)[C@@H](NC(=O)OC(C)(C)C)C1CCCCC1)C2(Cl)Cl)c1ccccc1. The molecule has 55 heavy (non-hydrogen) atoms. The predicted octanol–water partition coefficient (Wildman–Crippen LogP) is 3.40. The molecule has 0 aromatic heterocycles. The Bertz CT molecular complexity index is 1630. The Hall–Kier alpha value is -3.91. The summed E-state index contributed by atoms with van der Waals surface area (Å²) >= 11 is 13.2. The van der Waals surface area contributed by atoms with Gasteiger partial charge in [0.2, 0.25) is 29.4 Å². The highest BCUT2D eigenvalue weighted by molar-refractivity contribution is 6.51. The number of likely N-dealkylation sites (N-methyl/N-ethyl adjacent to an activating group) is 1. The molecular formula is C39H54Cl2N6O8. The third-order valence-corrected chi connectivity index (χ3v) is 12.2. The molecule has 14 nitrogen and oxygen atoms in total. The van der Waals surface area contributed by atoms with Crippen molar-refractivity contribution < 1.29 is 38.3 Å². The fourth-order valence-corrected chi connectivity index (χ4v) is 8.78. The largest absolute Gasteiger partial charge is 0.444 e. The number of likely N-dealkylation sites (tertiary alicyclic amines) is 1. The molecule has 6 atom stereocenters. The van der Waals surface area contributed by atoms with Gasteiger partial charge in [-0.2, -0.15) is 0 Å². The quantitative estimate of drug-likeness (QED) is 0.163. The van der Waals surface area contributed by atoms with E-state index in [0.717, 1.165) is 38.5 Å². The summed E-state index contributed by atoms with van der Waals surface area (Å²) in [4.78, 5) is 97.1. The Morgan fingerprint density at radius 1 is 0.909 bits per heavy atom. The number of nitrogens with zero attached hydrogens (tertiary/aromatic N) is 2. The minimum absolute atomic E-state index is 0.0743. The van der Waals surface area contributed by atoms with Crippen LogP contribution in [-0.4, -0.2) is 106 Å². The first-order valence-corrected chi connectivity index (χ1v) is 20.0. The molecule has 4 aliphatic rings. The number of piperidine rings is 1. The smallest absolute Gasteiger partial charge is 0.408 e. The number of benzene rings is 1. The molecule has 4 fully saturated rings. The molecule has 1 aromatic rings. The lowest BCUT2D eigenvalue weighted by molar-refractivity contribution is -0.144. The fourth-order valence-electron chi connectivity index (χ4n) is 7.95. The van der Waals surface area contributed by atoms with E-state index in [0.29, 0.717) is 18.4 Å². The first kappa shape index (κ1) is 42.2. The predicted molar refractivity (Wildman–Crippen MR) is 205 cm³/mol. The molecule has 1 aromatic carbocycles. The van der Waals surface area contributed by atoms with Crippen LogP contribution in [0, 0.1) is 23.7 Å². The maximum Gasteiger partial charge on any atom is 0.408 e. The third-order valence-electron chi connectivity index (χ3n) is 11.1. The van der Waals surface area contributed by atoms with Crippen LogP contribution < -0.4 is 21.3 Å². The van der Waals surface area contributed by atoms with Crippen LogP contribution in [0.5, 0.6) is 0 Å². The van der Waals surface area contributed by atoms with Gasteiger partial charge in [-0.15, -0.1) is 23.2 Å². The molecule has 0 radical (unpaired) electrons. The number of amides is 6. The second-order valence-electron chi connectivity index (χ2n) is 16.5. The number of hydrogen-bond acceptors (Lipinski definition) is 8. The van der Waals surface area contributed by atoms with E-state index in [9.17, 15) is 33.6 Å². The van der Waals surface area contributed by atoms with Crippen LogP contribution in [0.1, 0.15) is 90.2 Å². The van der Waals surface area contributed by atoms with Gasteiger partial charge < -0.3 is 35.8 Å². The summed E-state index contributed by atoms with van der Waals surface area (Å²) in [5, 5.41) is 10.5. The molecule has 1 aliphatic heterocycles.